The first-order valence-electron chi connectivity index (χ1n) is 6.34. The molecular weight excluding hydrogens is 222 g/mol. The van der Waals surface area contributed by atoms with Gasteiger partial charge in [0.2, 0.25) is 0 Å². The first-order chi connectivity index (χ1) is 8.33. The Morgan fingerprint density at radius 1 is 1.24 bits per heavy atom. The van der Waals surface area contributed by atoms with Crippen LogP contribution in [0.25, 0.3) is 0 Å². The monoisotopic (exact) mass is 245 g/mol. The van der Waals surface area contributed by atoms with E-state index in [0.29, 0.717) is 13.2 Å². The van der Waals surface area contributed by atoms with Crippen LogP contribution in [0.5, 0.6) is 0 Å². The number of nitrogens with one attached hydrogen (secondary N) is 1. The summed E-state index contributed by atoms with van der Waals surface area (Å²) in [5, 5.41) is 3.18. The highest BCUT2D eigenvalue weighted by Gasteiger charge is 2.20. The molecule has 1 aliphatic rings. The van der Waals surface area contributed by atoms with Crippen molar-refractivity contribution in [3.63, 3.8) is 0 Å². The second kappa shape index (κ2) is 9.39. The molecular formula is C12H23NO4. The number of esters is 1. The van der Waals surface area contributed by atoms with E-state index in [1.165, 1.54) is 12.8 Å². The molecule has 0 saturated heterocycles. The van der Waals surface area contributed by atoms with Gasteiger partial charge in [0.1, 0.15) is 6.61 Å². The minimum Gasteiger partial charge on any atom is -0.464 e. The van der Waals surface area contributed by atoms with Crippen LogP contribution in [0.2, 0.25) is 0 Å². The minimum atomic E-state index is -0.305. The highest BCUT2D eigenvalue weighted by Crippen LogP contribution is 2.28. The molecule has 100 valence electrons. The first-order valence-corrected chi connectivity index (χ1v) is 6.34. The highest BCUT2D eigenvalue weighted by atomic mass is 16.6. The van der Waals surface area contributed by atoms with Gasteiger partial charge in [-0.2, -0.15) is 0 Å². The Morgan fingerprint density at radius 3 is 2.59 bits per heavy atom. The Kier molecular flexibility index (Phi) is 7.96. The van der Waals surface area contributed by atoms with E-state index in [1.807, 2.05) is 0 Å². The maximum Gasteiger partial charge on any atom is 0.332 e. The normalized spacial score (nSPS) is 14.9. The van der Waals surface area contributed by atoms with Crippen LogP contribution < -0.4 is 5.32 Å². The molecule has 0 atom stereocenters. The lowest BCUT2D eigenvalue weighted by atomic mass is 10.5. The molecule has 0 bridgehead atoms. The van der Waals surface area contributed by atoms with Crippen molar-refractivity contribution in [3.05, 3.63) is 0 Å². The Hall–Kier alpha value is -0.650. The van der Waals surface area contributed by atoms with E-state index in [4.69, 9.17) is 14.2 Å². The molecule has 1 N–H and O–H groups in total. The van der Waals surface area contributed by atoms with Crippen molar-refractivity contribution in [2.75, 3.05) is 46.1 Å². The SMILES string of the molecule is CCOC(=O)COCCNCCOCC1CC1. The summed E-state index contributed by atoms with van der Waals surface area (Å²) in [6.45, 7) is 5.94. The van der Waals surface area contributed by atoms with E-state index < -0.39 is 0 Å². The van der Waals surface area contributed by atoms with Crippen molar-refractivity contribution in [3.8, 4) is 0 Å². The van der Waals surface area contributed by atoms with Crippen molar-refractivity contribution in [1.29, 1.82) is 0 Å². The third kappa shape index (κ3) is 9.09. The maximum absolute atomic E-state index is 10.9. The predicted octanol–water partition coefficient (Wildman–Crippen LogP) is 0.582. The van der Waals surface area contributed by atoms with Crippen molar-refractivity contribution in [2.24, 2.45) is 5.92 Å². The average molecular weight is 245 g/mol. The van der Waals surface area contributed by atoms with Crippen LogP contribution >= 0.6 is 0 Å². The molecule has 0 heterocycles. The zero-order valence-corrected chi connectivity index (χ0v) is 10.6. The summed E-state index contributed by atoms with van der Waals surface area (Å²) in [4.78, 5) is 10.9. The average Bonchev–Trinajstić information content (AvgIpc) is 3.11. The highest BCUT2D eigenvalue weighted by molar-refractivity contribution is 5.70. The van der Waals surface area contributed by atoms with E-state index in [-0.39, 0.29) is 12.6 Å². The molecule has 17 heavy (non-hydrogen) atoms. The summed E-state index contributed by atoms with van der Waals surface area (Å²) < 4.78 is 15.3. The Morgan fingerprint density at radius 2 is 1.94 bits per heavy atom. The van der Waals surface area contributed by atoms with Gasteiger partial charge in [0.25, 0.3) is 0 Å². The summed E-state index contributed by atoms with van der Waals surface area (Å²) in [5.74, 6) is 0.517. The van der Waals surface area contributed by atoms with Gasteiger partial charge >= 0.3 is 5.97 Å². The number of carbonyl (C=O) groups excluding carboxylic acids is 1. The van der Waals surface area contributed by atoms with E-state index >= 15 is 0 Å². The van der Waals surface area contributed by atoms with Gasteiger partial charge in [-0.1, -0.05) is 0 Å². The van der Waals surface area contributed by atoms with E-state index in [9.17, 15) is 4.79 Å². The van der Waals surface area contributed by atoms with Crippen molar-refractivity contribution in [1.82, 2.24) is 5.32 Å². The second-order valence-corrected chi connectivity index (χ2v) is 4.13. The van der Waals surface area contributed by atoms with Crippen LogP contribution in [0.1, 0.15) is 19.8 Å². The number of carbonyl (C=O) groups is 1. The van der Waals surface area contributed by atoms with Crippen LogP contribution in [-0.4, -0.2) is 52.1 Å². The fraction of sp³-hybridized carbons (Fsp3) is 0.917. The lowest BCUT2D eigenvalue weighted by Gasteiger charge is -2.06. The van der Waals surface area contributed by atoms with Gasteiger partial charge in [0, 0.05) is 19.7 Å². The third-order valence-corrected chi connectivity index (χ3v) is 2.42. The molecule has 0 amide bonds. The predicted molar refractivity (Wildman–Crippen MR) is 63.9 cm³/mol. The van der Waals surface area contributed by atoms with Gasteiger partial charge in [-0.05, 0) is 25.7 Å². The molecule has 1 aliphatic carbocycles. The van der Waals surface area contributed by atoms with Crippen LogP contribution in [0.15, 0.2) is 0 Å². The molecule has 0 aliphatic heterocycles. The zero-order chi connectivity index (χ0) is 12.3. The second-order valence-electron chi connectivity index (χ2n) is 4.13. The van der Waals surface area contributed by atoms with Crippen molar-refractivity contribution < 1.29 is 19.0 Å². The number of hydrogen-bond donors (Lipinski definition) is 1. The van der Waals surface area contributed by atoms with Gasteiger partial charge < -0.3 is 19.5 Å². The molecule has 1 rings (SSSR count). The Labute approximate surface area is 103 Å². The van der Waals surface area contributed by atoms with Gasteiger partial charge in [-0.25, -0.2) is 4.79 Å². The quantitative estimate of drug-likeness (QED) is 0.426. The van der Waals surface area contributed by atoms with Gasteiger partial charge in [-0.3, -0.25) is 0 Å². The molecule has 0 aromatic carbocycles. The molecule has 1 fully saturated rings. The number of ether oxygens (including phenoxy) is 3. The number of hydrogen-bond acceptors (Lipinski definition) is 5. The molecule has 5 nitrogen and oxygen atoms in total. The van der Waals surface area contributed by atoms with E-state index in [1.54, 1.807) is 6.92 Å². The van der Waals surface area contributed by atoms with Gasteiger partial charge in [0.05, 0.1) is 19.8 Å². The third-order valence-electron chi connectivity index (χ3n) is 2.42. The zero-order valence-electron chi connectivity index (χ0n) is 10.6. The van der Waals surface area contributed by atoms with Crippen molar-refractivity contribution in [2.45, 2.75) is 19.8 Å². The Balaban J connectivity index is 1.70. The van der Waals surface area contributed by atoms with Crippen LogP contribution in [0.4, 0.5) is 0 Å². The topological polar surface area (TPSA) is 56.8 Å². The summed E-state index contributed by atoms with van der Waals surface area (Å²) >= 11 is 0. The van der Waals surface area contributed by atoms with Gasteiger partial charge in [-0.15, -0.1) is 0 Å². The van der Waals surface area contributed by atoms with Crippen LogP contribution in [-0.2, 0) is 19.0 Å². The Bertz CT molecular complexity index is 207. The molecule has 0 aromatic heterocycles. The summed E-state index contributed by atoms with van der Waals surface area (Å²) in [6, 6.07) is 0. The molecule has 0 radical (unpaired) electrons. The summed E-state index contributed by atoms with van der Waals surface area (Å²) in [5.41, 5.74) is 0. The lowest BCUT2D eigenvalue weighted by Crippen LogP contribution is -2.25. The largest absolute Gasteiger partial charge is 0.464 e. The first kappa shape index (κ1) is 14.4. The summed E-state index contributed by atoms with van der Waals surface area (Å²) in [6.07, 6.45) is 2.66. The smallest absolute Gasteiger partial charge is 0.332 e. The van der Waals surface area contributed by atoms with Crippen molar-refractivity contribution >= 4 is 5.97 Å². The van der Waals surface area contributed by atoms with E-state index in [0.717, 1.165) is 32.2 Å². The fourth-order valence-corrected chi connectivity index (χ4v) is 1.31. The molecule has 5 heteroatoms. The number of rotatable bonds is 11. The lowest BCUT2D eigenvalue weighted by molar-refractivity contribution is -0.148. The molecule has 0 aromatic rings. The molecule has 1 saturated carbocycles. The van der Waals surface area contributed by atoms with Crippen LogP contribution in [0.3, 0.4) is 0 Å². The van der Waals surface area contributed by atoms with E-state index in [2.05, 4.69) is 5.32 Å². The minimum absolute atomic E-state index is 0.0354. The fourth-order valence-electron chi connectivity index (χ4n) is 1.31. The van der Waals surface area contributed by atoms with Crippen LogP contribution in [0, 0.1) is 5.92 Å². The summed E-state index contributed by atoms with van der Waals surface area (Å²) in [7, 11) is 0. The maximum atomic E-state index is 10.9. The standard InChI is InChI=1S/C12H23NO4/c1-2-17-12(14)10-16-8-6-13-5-7-15-9-11-3-4-11/h11,13H,2-10H2,1H3. The van der Waals surface area contributed by atoms with Gasteiger partial charge in [0.15, 0.2) is 0 Å². The molecule has 0 unspecified atom stereocenters. The molecule has 0 spiro atoms.